The zero-order chi connectivity index (χ0) is 21.2. The molecule has 8 nitrogen and oxygen atoms in total. The van der Waals surface area contributed by atoms with Crippen molar-refractivity contribution in [1.29, 1.82) is 0 Å². The van der Waals surface area contributed by atoms with Crippen molar-refractivity contribution in [2.24, 2.45) is 0 Å². The Morgan fingerprint density at radius 1 is 1.10 bits per heavy atom. The van der Waals surface area contributed by atoms with Gasteiger partial charge in [-0.2, -0.15) is 0 Å². The van der Waals surface area contributed by atoms with E-state index in [-0.39, 0.29) is 23.9 Å². The highest BCUT2D eigenvalue weighted by atomic mass is 32.1. The Bertz CT molecular complexity index is 850. The SMILES string of the molecule is CCN(CC(=O)NCc1cccs1)C(=O)COC(=O)c1ccc(NC(C)=O)cc1. The van der Waals surface area contributed by atoms with Gasteiger partial charge in [-0.1, -0.05) is 6.07 Å². The van der Waals surface area contributed by atoms with Gasteiger partial charge in [0.1, 0.15) is 0 Å². The first kappa shape index (κ1) is 22.1. The highest BCUT2D eigenvalue weighted by Crippen LogP contribution is 2.11. The van der Waals surface area contributed by atoms with E-state index >= 15 is 0 Å². The average molecular weight is 417 g/mol. The lowest BCUT2D eigenvalue weighted by Crippen LogP contribution is -2.42. The second kappa shape index (κ2) is 11.0. The molecule has 154 valence electrons. The van der Waals surface area contributed by atoms with E-state index in [1.165, 1.54) is 35.3 Å². The first-order valence-electron chi connectivity index (χ1n) is 9.00. The molecule has 0 fully saturated rings. The van der Waals surface area contributed by atoms with Crippen LogP contribution < -0.4 is 10.6 Å². The molecule has 0 radical (unpaired) electrons. The minimum atomic E-state index is -0.661. The number of hydrogen-bond acceptors (Lipinski definition) is 6. The van der Waals surface area contributed by atoms with E-state index in [4.69, 9.17) is 4.74 Å². The van der Waals surface area contributed by atoms with Crippen molar-refractivity contribution in [3.05, 3.63) is 52.2 Å². The van der Waals surface area contributed by atoms with Gasteiger partial charge in [-0.05, 0) is 42.6 Å². The van der Waals surface area contributed by atoms with Gasteiger partial charge in [0.25, 0.3) is 5.91 Å². The standard InChI is InChI=1S/C20H23N3O5S/c1-3-23(12-18(25)21-11-17-5-4-10-29-17)19(26)13-28-20(27)15-6-8-16(9-7-15)22-14(2)24/h4-10H,3,11-13H2,1-2H3,(H,21,25)(H,22,24). The lowest BCUT2D eigenvalue weighted by Gasteiger charge is -2.20. The van der Waals surface area contributed by atoms with Crippen molar-refractivity contribution in [2.45, 2.75) is 20.4 Å². The number of thiophene rings is 1. The van der Waals surface area contributed by atoms with Crippen LogP contribution in [0.1, 0.15) is 29.1 Å². The van der Waals surface area contributed by atoms with Crippen LogP contribution in [0.2, 0.25) is 0 Å². The minimum Gasteiger partial charge on any atom is -0.452 e. The van der Waals surface area contributed by atoms with Gasteiger partial charge in [0, 0.05) is 24.0 Å². The molecule has 0 saturated carbocycles. The average Bonchev–Trinajstić information content (AvgIpc) is 3.22. The summed E-state index contributed by atoms with van der Waals surface area (Å²) in [7, 11) is 0. The van der Waals surface area contributed by atoms with E-state index < -0.39 is 18.5 Å². The van der Waals surface area contributed by atoms with Crippen LogP contribution in [-0.4, -0.2) is 48.3 Å². The third-order valence-electron chi connectivity index (χ3n) is 3.88. The summed E-state index contributed by atoms with van der Waals surface area (Å²) >= 11 is 1.54. The fourth-order valence-corrected chi connectivity index (χ4v) is 3.04. The van der Waals surface area contributed by atoms with Crippen LogP contribution in [0, 0.1) is 0 Å². The summed E-state index contributed by atoms with van der Waals surface area (Å²) in [5.41, 5.74) is 0.805. The monoisotopic (exact) mass is 417 g/mol. The number of carbonyl (C=O) groups is 4. The van der Waals surface area contributed by atoms with Gasteiger partial charge in [-0.3, -0.25) is 14.4 Å². The molecule has 0 bridgehead atoms. The molecule has 0 saturated heterocycles. The predicted molar refractivity (Wildman–Crippen MR) is 109 cm³/mol. The van der Waals surface area contributed by atoms with Crippen LogP contribution in [0.25, 0.3) is 0 Å². The van der Waals surface area contributed by atoms with E-state index in [0.29, 0.717) is 18.8 Å². The van der Waals surface area contributed by atoms with Gasteiger partial charge >= 0.3 is 5.97 Å². The van der Waals surface area contributed by atoms with Crippen LogP contribution in [0.15, 0.2) is 41.8 Å². The number of rotatable bonds is 9. The molecule has 2 N–H and O–H groups in total. The number of hydrogen-bond donors (Lipinski definition) is 2. The lowest BCUT2D eigenvalue weighted by atomic mass is 10.2. The summed E-state index contributed by atoms with van der Waals surface area (Å²) in [4.78, 5) is 49.8. The maximum atomic E-state index is 12.3. The quantitative estimate of drug-likeness (QED) is 0.608. The molecule has 1 heterocycles. The molecule has 0 aliphatic carbocycles. The van der Waals surface area contributed by atoms with E-state index in [1.807, 2.05) is 17.5 Å². The summed E-state index contributed by atoms with van der Waals surface area (Å²) in [6.07, 6.45) is 0. The highest BCUT2D eigenvalue weighted by molar-refractivity contribution is 7.09. The summed E-state index contributed by atoms with van der Waals surface area (Å²) in [6, 6.07) is 9.93. The van der Waals surface area contributed by atoms with Crippen LogP contribution >= 0.6 is 11.3 Å². The fraction of sp³-hybridized carbons (Fsp3) is 0.300. The predicted octanol–water partition coefficient (Wildman–Crippen LogP) is 2.03. The van der Waals surface area contributed by atoms with Crippen LogP contribution in [0.3, 0.4) is 0 Å². The summed E-state index contributed by atoms with van der Waals surface area (Å²) in [6.45, 7) is 3.28. The Labute approximate surface area is 172 Å². The Balaban J connectivity index is 1.80. The minimum absolute atomic E-state index is 0.107. The molecule has 2 aromatic rings. The van der Waals surface area contributed by atoms with Gasteiger partial charge in [-0.25, -0.2) is 4.79 Å². The summed E-state index contributed by atoms with van der Waals surface area (Å²) in [5, 5.41) is 7.27. The molecule has 29 heavy (non-hydrogen) atoms. The number of anilines is 1. The number of ether oxygens (including phenoxy) is 1. The molecule has 0 aliphatic rings. The van der Waals surface area contributed by atoms with E-state index in [2.05, 4.69) is 10.6 Å². The highest BCUT2D eigenvalue weighted by Gasteiger charge is 2.18. The van der Waals surface area contributed by atoms with Gasteiger partial charge in [0.05, 0.1) is 18.7 Å². The largest absolute Gasteiger partial charge is 0.452 e. The fourth-order valence-electron chi connectivity index (χ4n) is 2.40. The molecular weight excluding hydrogens is 394 g/mol. The van der Waals surface area contributed by atoms with Crippen molar-refractivity contribution in [3.8, 4) is 0 Å². The number of benzene rings is 1. The second-order valence-corrected chi connectivity index (χ2v) is 7.13. The van der Waals surface area contributed by atoms with Gasteiger partial charge in [-0.15, -0.1) is 11.3 Å². The number of amides is 3. The maximum Gasteiger partial charge on any atom is 0.338 e. The van der Waals surface area contributed by atoms with Crippen LogP contribution in [-0.2, 0) is 25.7 Å². The second-order valence-electron chi connectivity index (χ2n) is 6.10. The Kier molecular flexibility index (Phi) is 8.35. The molecule has 0 aliphatic heterocycles. The third-order valence-corrected chi connectivity index (χ3v) is 4.75. The summed E-state index contributed by atoms with van der Waals surface area (Å²) < 4.78 is 5.05. The van der Waals surface area contributed by atoms with Gasteiger partial charge in [0.15, 0.2) is 6.61 Å². The Morgan fingerprint density at radius 2 is 1.83 bits per heavy atom. The van der Waals surface area contributed by atoms with Crippen molar-refractivity contribution >= 4 is 40.7 Å². The van der Waals surface area contributed by atoms with E-state index in [9.17, 15) is 19.2 Å². The number of nitrogens with zero attached hydrogens (tertiary/aromatic N) is 1. The zero-order valence-corrected chi connectivity index (χ0v) is 17.1. The normalized spacial score (nSPS) is 10.1. The molecule has 0 atom stereocenters. The summed E-state index contributed by atoms with van der Waals surface area (Å²) in [5.74, 6) is -1.62. The number of nitrogens with one attached hydrogen (secondary N) is 2. The van der Waals surface area contributed by atoms with Gasteiger partial charge in [0.2, 0.25) is 11.8 Å². The molecular formula is C20H23N3O5S. The molecule has 0 spiro atoms. The van der Waals surface area contributed by atoms with Crippen LogP contribution in [0.4, 0.5) is 5.69 Å². The molecule has 1 aromatic heterocycles. The molecule has 3 amide bonds. The third kappa shape index (κ3) is 7.38. The molecule has 0 unspecified atom stereocenters. The van der Waals surface area contributed by atoms with Crippen molar-refractivity contribution < 1.29 is 23.9 Å². The molecule has 1 aromatic carbocycles. The first-order valence-corrected chi connectivity index (χ1v) is 9.88. The molecule has 9 heteroatoms. The smallest absolute Gasteiger partial charge is 0.338 e. The number of likely N-dealkylation sites (N-methyl/N-ethyl adjacent to an activating group) is 1. The van der Waals surface area contributed by atoms with Crippen molar-refractivity contribution in [2.75, 3.05) is 25.0 Å². The molecule has 2 rings (SSSR count). The van der Waals surface area contributed by atoms with Gasteiger partial charge < -0.3 is 20.3 Å². The van der Waals surface area contributed by atoms with E-state index in [1.54, 1.807) is 19.1 Å². The lowest BCUT2D eigenvalue weighted by molar-refractivity contribution is -0.138. The first-order chi connectivity index (χ1) is 13.9. The van der Waals surface area contributed by atoms with E-state index in [0.717, 1.165) is 4.88 Å². The zero-order valence-electron chi connectivity index (χ0n) is 16.3. The van der Waals surface area contributed by atoms with Crippen molar-refractivity contribution in [3.63, 3.8) is 0 Å². The number of carbonyl (C=O) groups excluding carboxylic acids is 4. The van der Waals surface area contributed by atoms with Crippen molar-refractivity contribution in [1.82, 2.24) is 10.2 Å². The topological polar surface area (TPSA) is 105 Å². The maximum absolute atomic E-state index is 12.3. The number of esters is 1. The Hall–Kier alpha value is -3.20. The van der Waals surface area contributed by atoms with Crippen LogP contribution in [0.5, 0.6) is 0 Å². The Morgan fingerprint density at radius 3 is 2.41 bits per heavy atom.